The van der Waals surface area contributed by atoms with Crippen molar-refractivity contribution < 1.29 is 0 Å². The van der Waals surface area contributed by atoms with Crippen molar-refractivity contribution in [1.82, 2.24) is 4.90 Å². The minimum atomic E-state index is 0.901. The Morgan fingerprint density at radius 2 is 1.72 bits per heavy atom. The van der Waals surface area contributed by atoms with E-state index < -0.39 is 0 Å². The van der Waals surface area contributed by atoms with Crippen LogP contribution in [0.3, 0.4) is 0 Å². The highest BCUT2D eigenvalue weighted by Crippen LogP contribution is 2.28. The van der Waals surface area contributed by atoms with E-state index in [-0.39, 0.29) is 0 Å². The van der Waals surface area contributed by atoms with Gasteiger partial charge in [-0.25, -0.2) is 0 Å². The second-order valence-electron chi connectivity index (χ2n) is 6.37. The lowest BCUT2D eigenvalue weighted by Gasteiger charge is -2.25. The van der Waals surface area contributed by atoms with Gasteiger partial charge in [0.25, 0.3) is 0 Å². The molecule has 2 unspecified atom stereocenters. The lowest BCUT2D eigenvalue weighted by Crippen LogP contribution is -2.27. The van der Waals surface area contributed by atoms with Gasteiger partial charge in [0.2, 0.25) is 0 Å². The van der Waals surface area contributed by atoms with Crippen LogP contribution in [0.5, 0.6) is 0 Å². The first kappa shape index (κ1) is 16.0. The van der Waals surface area contributed by atoms with Crippen molar-refractivity contribution in [2.24, 2.45) is 5.92 Å². The third kappa shape index (κ3) is 6.22. The molecule has 1 heteroatoms. The topological polar surface area (TPSA) is 3.24 Å². The number of nitrogens with zero attached hydrogens (tertiary/aromatic N) is 1. The smallest absolute Gasteiger partial charge is 0.00953 e. The van der Waals surface area contributed by atoms with E-state index in [1.807, 2.05) is 0 Å². The number of unbranched alkanes of at least 4 members (excludes halogenated alkanes) is 4. The predicted octanol–water partition coefficient (Wildman–Crippen LogP) is 5.25. The van der Waals surface area contributed by atoms with Crippen LogP contribution in [0.1, 0.15) is 84.5 Å². The maximum absolute atomic E-state index is 2.60. The fraction of sp³-hybridized carbons (Fsp3) is 1.00. The monoisotopic (exact) mass is 253 g/mol. The zero-order valence-corrected chi connectivity index (χ0v) is 13.1. The van der Waals surface area contributed by atoms with Crippen LogP contribution in [0.15, 0.2) is 0 Å². The quantitative estimate of drug-likeness (QED) is 0.481. The molecule has 0 N–H and O–H groups in total. The van der Waals surface area contributed by atoms with Crippen LogP contribution in [0.2, 0.25) is 0 Å². The molecule has 0 radical (unpaired) electrons. The first-order chi connectivity index (χ1) is 8.77. The van der Waals surface area contributed by atoms with Crippen molar-refractivity contribution >= 4 is 0 Å². The molecule has 0 spiro atoms. The molecule has 1 aliphatic rings. The molecule has 1 heterocycles. The molecule has 0 aromatic carbocycles. The van der Waals surface area contributed by atoms with E-state index in [1.54, 1.807) is 0 Å². The van der Waals surface area contributed by atoms with Crippen LogP contribution in [0, 0.1) is 5.92 Å². The normalized spacial score (nSPS) is 22.5. The van der Waals surface area contributed by atoms with Crippen molar-refractivity contribution in [3.05, 3.63) is 0 Å². The zero-order chi connectivity index (χ0) is 13.2. The summed E-state index contributed by atoms with van der Waals surface area (Å²) in [4.78, 5) is 2.60. The maximum atomic E-state index is 2.60. The standard InChI is InChI=1S/C17H35N/c1-4-6-8-9-12-16(11-7-5-2)15-17-13-10-14-18(17)3/h16-17H,4-15H2,1-3H3. The lowest BCUT2D eigenvalue weighted by molar-refractivity contribution is 0.243. The molecule has 18 heavy (non-hydrogen) atoms. The highest BCUT2D eigenvalue weighted by Gasteiger charge is 2.23. The maximum Gasteiger partial charge on any atom is 0.00953 e. The molecule has 2 atom stereocenters. The third-order valence-electron chi connectivity index (χ3n) is 4.71. The summed E-state index contributed by atoms with van der Waals surface area (Å²) < 4.78 is 0. The van der Waals surface area contributed by atoms with E-state index in [9.17, 15) is 0 Å². The molecule has 0 aliphatic carbocycles. The molecule has 1 rings (SSSR count). The fourth-order valence-corrected chi connectivity index (χ4v) is 3.39. The molecular formula is C17H35N. The highest BCUT2D eigenvalue weighted by atomic mass is 15.1. The molecule has 1 nitrogen and oxygen atoms in total. The summed E-state index contributed by atoms with van der Waals surface area (Å²) in [5.41, 5.74) is 0. The lowest BCUT2D eigenvalue weighted by atomic mass is 9.88. The Balaban J connectivity index is 2.25. The van der Waals surface area contributed by atoms with Gasteiger partial charge in [-0.1, -0.05) is 65.2 Å². The van der Waals surface area contributed by atoms with E-state index in [2.05, 4.69) is 25.8 Å². The van der Waals surface area contributed by atoms with Gasteiger partial charge in [0.1, 0.15) is 0 Å². The zero-order valence-electron chi connectivity index (χ0n) is 13.1. The first-order valence-corrected chi connectivity index (χ1v) is 8.48. The molecule has 1 saturated heterocycles. The van der Waals surface area contributed by atoms with E-state index in [1.165, 1.54) is 77.2 Å². The van der Waals surface area contributed by atoms with Crippen molar-refractivity contribution in [2.45, 2.75) is 90.5 Å². The Bertz CT molecular complexity index is 190. The van der Waals surface area contributed by atoms with E-state index in [4.69, 9.17) is 0 Å². The molecule has 1 fully saturated rings. The van der Waals surface area contributed by atoms with E-state index in [0.717, 1.165) is 12.0 Å². The average molecular weight is 253 g/mol. The molecule has 1 aliphatic heterocycles. The summed E-state index contributed by atoms with van der Waals surface area (Å²) in [6.45, 7) is 5.97. The van der Waals surface area contributed by atoms with Crippen molar-refractivity contribution in [3.63, 3.8) is 0 Å². The van der Waals surface area contributed by atoms with Gasteiger partial charge in [0, 0.05) is 6.04 Å². The Kier molecular flexibility index (Phi) is 8.75. The third-order valence-corrected chi connectivity index (χ3v) is 4.71. The SMILES string of the molecule is CCCCCCC(CCCC)CC1CCCN1C. The summed E-state index contributed by atoms with van der Waals surface area (Å²) in [7, 11) is 2.33. The molecule has 0 amide bonds. The summed E-state index contributed by atoms with van der Waals surface area (Å²) in [6, 6.07) is 0.901. The second-order valence-corrected chi connectivity index (χ2v) is 6.37. The fourth-order valence-electron chi connectivity index (χ4n) is 3.39. The van der Waals surface area contributed by atoms with Gasteiger partial charge in [0.05, 0.1) is 0 Å². The molecular weight excluding hydrogens is 218 g/mol. The molecule has 0 saturated carbocycles. The van der Waals surface area contributed by atoms with Gasteiger partial charge in [-0.3, -0.25) is 0 Å². The van der Waals surface area contributed by atoms with Crippen molar-refractivity contribution in [2.75, 3.05) is 13.6 Å². The van der Waals surface area contributed by atoms with Gasteiger partial charge in [-0.15, -0.1) is 0 Å². The molecule has 0 bridgehead atoms. The summed E-state index contributed by atoms with van der Waals surface area (Å²) in [5.74, 6) is 1.01. The number of rotatable bonds is 10. The van der Waals surface area contributed by atoms with Gasteiger partial charge >= 0.3 is 0 Å². The minimum Gasteiger partial charge on any atom is -0.303 e. The number of hydrogen-bond acceptors (Lipinski definition) is 1. The number of hydrogen-bond donors (Lipinski definition) is 0. The highest BCUT2D eigenvalue weighted by molar-refractivity contribution is 4.79. The Labute approximate surface area is 115 Å². The van der Waals surface area contributed by atoms with E-state index in [0.29, 0.717) is 0 Å². The van der Waals surface area contributed by atoms with Crippen LogP contribution in [-0.4, -0.2) is 24.5 Å². The summed E-state index contributed by atoms with van der Waals surface area (Å²) in [5, 5.41) is 0. The molecule has 0 aromatic rings. The minimum absolute atomic E-state index is 0.901. The van der Waals surface area contributed by atoms with Gasteiger partial charge < -0.3 is 4.90 Å². The van der Waals surface area contributed by atoms with Crippen LogP contribution in [0.25, 0.3) is 0 Å². The summed E-state index contributed by atoms with van der Waals surface area (Å²) in [6.07, 6.45) is 15.9. The van der Waals surface area contributed by atoms with Gasteiger partial charge in [0.15, 0.2) is 0 Å². The van der Waals surface area contributed by atoms with Gasteiger partial charge in [-0.05, 0) is 38.8 Å². The Morgan fingerprint density at radius 1 is 1.00 bits per heavy atom. The van der Waals surface area contributed by atoms with Crippen LogP contribution < -0.4 is 0 Å². The van der Waals surface area contributed by atoms with Crippen molar-refractivity contribution in [1.29, 1.82) is 0 Å². The van der Waals surface area contributed by atoms with E-state index >= 15 is 0 Å². The van der Waals surface area contributed by atoms with Crippen LogP contribution in [0.4, 0.5) is 0 Å². The molecule has 0 aromatic heterocycles. The first-order valence-electron chi connectivity index (χ1n) is 8.48. The van der Waals surface area contributed by atoms with Crippen LogP contribution >= 0.6 is 0 Å². The Morgan fingerprint density at radius 3 is 2.33 bits per heavy atom. The van der Waals surface area contributed by atoms with Crippen molar-refractivity contribution in [3.8, 4) is 0 Å². The number of likely N-dealkylation sites (tertiary alicyclic amines) is 1. The summed E-state index contributed by atoms with van der Waals surface area (Å²) >= 11 is 0. The predicted molar refractivity (Wildman–Crippen MR) is 82.0 cm³/mol. The average Bonchev–Trinajstić information content (AvgIpc) is 2.77. The largest absolute Gasteiger partial charge is 0.303 e. The Hall–Kier alpha value is -0.0400. The molecule has 108 valence electrons. The second kappa shape index (κ2) is 9.83. The van der Waals surface area contributed by atoms with Gasteiger partial charge in [-0.2, -0.15) is 0 Å². The van der Waals surface area contributed by atoms with Crippen LogP contribution in [-0.2, 0) is 0 Å².